The molecule has 0 bridgehead atoms. The van der Waals surface area contributed by atoms with Crippen molar-refractivity contribution in [3.8, 4) is 11.1 Å². The number of hydrogen-bond donors (Lipinski definition) is 1. The third-order valence-corrected chi connectivity index (χ3v) is 6.76. The van der Waals surface area contributed by atoms with Crippen molar-refractivity contribution in [2.45, 2.75) is 11.8 Å². The number of thiophene rings is 1. The van der Waals surface area contributed by atoms with E-state index in [9.17, 15) is 13.2 Å². The molecule has 0 saturated heterocycles. The molecule has 0 aliphatic carbocycles. The molecule has 0 amide bonds. The number of esters is 1. The van der Waals surface area contributed by atoms with Crippen molar-refractivity contribution >= 4 is 38.2 Å². The number of amidine groups is 1. The minimum atomic E-state index is -3.76. The summed E-state index contributed by atoms with van der Waals surface area (Å²) < 4.78 is 33.5. The van der Waals surface area contributed by atoms with E-state index in [-0.39, 0.29) is 10.7 Å². The molecule has 1 aliphatic rings. The van der Waals surface area contributed by atoms with Gasteiger partial charge in [-0.25, -0.2) is 4.79 Å². The van der Waals surface area contributed by atoms with Crippen LogP contribution >= 0.6 is 11.3 Å². The Balaban J connectivity index is 1.85. The maximum Gasteiger partial charge on any atom is 0.341 e. The number of benzene rings is 2. The fourth-order valence-electron chi connectivity index (χ4n) is 3.19. The van der Waals surface area contributed by atoms with E-state index in [1.54, 1.807) is 18.2 Å². The Morgan fingerprint density at radius 3 is 2.46 bits per heavy atom. The highest BCUT2D eigenvalue weighted by molar-refractivity contribution is 7.90. The first kappa shape index (κ1) is 18.4. The van der Waals surface area contributed by atoms with E-state index in [1.165, 1.54) is 24.5 Å². The van der Waals surface area contributed by atoms with E-state index < -0.39 is 16.0 Å². The molecule has 1 aliphatic heterocycles. The molecule has 28 heavy (non-hydrogen) atoms. The van der Waals surface area contributed by atoms with E-state index >= 15 is 0 Å². The van der Waals surface area contributed by atoms with Crippen LogP contribution in [-0.2, 0) is 14.8 Å². The van der Waals surface area contributed by atoms with Crippen LogP contribution in [-0.4, -0.2) is 27.3 Å². The number of aryl methyl sites for hydroxylation is 1. The summed E-state index contributed by atoms with van der Waals surface area (Å²) >= 11 is 1.35. The van der Waals surface area contributed by atoms with Gasteiger partial charge in [0.05, 0.1) is 7.11 Å². The third kappa shape index (κ3) is 3.00. The van der Waals surface area contributed by atoms with Gasteiger partial charge in [0.2, 0.25) is 0 Å². The summed E-state index contributed by atoms with van der Waals surface area (Å²) in [7, 11) is -2.43. The highest BCUT2D eigenvalue weighted by Gasteiger charge is 2.31. The molecule has 0 saturated carbocycles. The predicted molar refractivity (Wildman–Crippen MR) is 110 cm³/mol. The smallest absolute Gasteiger partial charge is 0.341 e. The Morgan fingerprint density at radius 2 is 1.75 bits per heavy atom. The Labute approximate surface area is 166 Å². The van der Waals surface area contributed by atoms with Crippen molar-refractivity contribution in [3.05, 3.63) is 70.6 Å². The van der Waals surface area contributed by atoms with Crippen molar-refractivity contribution in [2.75, 3.05) is 12.4 Å². The Hall–Kier alpha value is -2.97. The first-order valence-electron chi connectivity index (χ1n) is 8.41. The second-order valence-corrected chi connectivity index (χ2v) is 8.93. The molecule has 0 spiro atoms. The molecule has 4 rings (SSSR count). The van der Waals surface area contributed by atoms with Gasteiger partial charge in [0.1, 0.15) is 15.5 Å². The van der Waals surface area contributed by atoms with Gasteiger partial charge in [-0.1, -0.05) is 42.5 Å². The van der Waals surface area contributed by atoms with Crippen molar-refractivity contribution in [1.29, 1.82) is 0 Å². The number of carbonyl (C=O) groups is 1. The van der Waals surface area contributed by atoms with Gasteiger partial charge in [-0.2, -0.15) is 8.42 Å². The maximum atomic E-state index is 12.6. The highest BCUT2D eigenvalue weighted by atomic mass is 32.2. The average Bonchev–Trinajstić information content (AvgIpc) is 3.15. The van der Waals surface area contributed by atoms with E-state index in [1.807, 2.05) is 37.3 Å². The van der Waals surface area contributed by atoms with E-state index in [0.717, 1.165) is 16.0 Å². The second kappa shape index (κ2) is 6.88. The summed E-state index contributed by atoms with van der Waals surface area (Å²) in [4.78, 5) is 13.6. The van der Waals surface area contributed by atoms with Crippen LogP contribution in [0.5, 0.6) is 0 Å². The van der Waals surface area contributed by atoms with Gasteiger partial charge >= 0.3 is 5.97 Å². The average molecular weight is 412 g/mol. The normalized spacial score (nSPS) is 14.3. The molecule has 142 valence electrons. The van der Waals surface area contributed by atoms with Crippen molar-refractivity contribution in [3.63, 3.8) is 0 Å². The zero-order valence-corrected chi connectivity index (χ0v) is 16.7. The predicted octanol–water partition coefficient (Wildman–Crippen LogP) is 4.07. The Kier molecular flexibility index (Phi) is 4.52. The molecule has 0 unspecified atom stereocenters. The van der Waals surface area contributed by atoms with Gasteiger partial charge in [-0.3, -0.25) is 0 Å². The van der Waals surface area contributed by atoms with E-state index in [4.69, 9.17) is 4.74 Å². The largest absolute Gasteiger partial charge is 0.465 e. The van der Waals surface area contributed by atoms with Gasteiger partial charge in [-0.05, 0) is 24.6 Å². The zero-order chi connectivity index (χ0) is 19.9. The van der Waals surface area contributed by atoms with Crippen LogP contribution in [0.2, 0.25) is 0 Å². The number of ether oxygens (including phenoxy) is 1. The molecule has 1 N–H and O–H groups in total. The van der Waals surface area contributed by atoms with Crippen LogP contribution in [0.1, 0.15) is 20.8 Å². The molecule has 2 aromatic carbocycles. The van der Waals surface area contributed by atoms with Crippen molar-refractivity contribution in [1.82, 2.24) is 0 Å². The number of nitrogens with zero attached hydrogens (tertiary/aromatic N) is 1. The Bertz CT molecular complexity index is 1210. The quantitative estimate of drug-likeness (QED) is 0.656. The van der Waals surface area contributed by atoms with Crippen molar-refractivity contribution in [2.24, 2.45) is 4.40 Å². The van der Waals surface area contributed by atoms with Crippen LogP contribution in [0.15, 0.2) is 63.9 Å². The SMILES string of the molecule is COC(=O)c1c(NC2=NS(=O)(=O)c3ccccc32)sc(C)c1-c1ccccc1. The molecular weight excluding hydrogens is 396 g/mol. The summed E-state index contributed by atoms with van der Waals surface area (Å²) in [6.07, 6.45) is 0. The van der Waals surface area contributed by atoms with Crippen LogP contribution in [0.25, 0.3) is 11.1 Å². The lowest BCUT2D eigenvalue weighted by molar-refractivity contribution is 0.0603. The highest BCUT2D eigenvalue weighted by Crippen LogP contribution is 2.41. The number of fused-ring (bicyclic) bond motifs is 1. The van der Waals surface area contributed by atoms with Gasteiger partial charge in [0.15, 0.2) is 5.84 Å². The standard InChI is InChI=1S/C20H16N2O4S2/c1-12-16(13-8-4-3-5-9-13)17(20(23)26-2)19(27-12)21-18-14-10-6-7-11-15(14)28(24,25)22-18/h3-11H,1-2H3,(H,21,22). The Morgan fingerprint density at radius 1 is 1.07 bits per heavy atom. The molecule has 1 aromatic heterocycles. The summed E-state index contributed by atoms with van der Waals surface area (Å²) in [5.74, 6) is -0.304. The summed E-state index contributed by atoms with van der Waals surface area (Å²) in [6.45, 7) is 1.91. The number of carbonyl (C=O) groups excluding carboxylic acids is 1. The lowest BCUT2D eigenvalue weighted by Crippen LogP contribution is -2.13. The second-order valence-electron chi connectivity index (χ2n) is 6.13. The first-order valence-corrected chi connectivity index (χ1v) is 10.7. The monoisotopic (exact) mass is 412 g/mol. The number of methoxy groups -OCH3 is 1. The van der Waals surface area contributed by atoms with Gasteiger partial charge < -0.3 is 10.1 Å². The molecule has 8 heteroatoms. The minimum absolute atomic E-state index is 0.147. The molecule has 3 aromatic rings. The fourth-order valence-corrected chi connectivity index (χ4v) is 5.42. The topological polar surface area (TPSA) is 84.8 Å². The third-order valence-electron chi connectivity index (χ3n) is 4.40. The minimum Gasteiger partial charge on any atom is -0.465 e. The van der Waals surface area contributed by atoms with E-state index in [0.29, 0.717) is 16.1 Å². The number of hydrogen-bond acceptors (Lipinski definition) is 6. The van der Waals surface area contributed by atoms with Crippen LogP contribution in [0.4, 0.5) is 5.00 Å². The van der Waals surface area contributed by atoms with E-state index in [2.05, 4.69) is 9.71 Å². The molecule has 0 radical (unpaired) electrons. The summed E-state index contributed by atoms with van der Waals surface area (Å²) in [5.41, 5.74) is 2.48. The molecule has 2 heterocycles. The lowest BCUT2D eigenvalue weighted by Gasteiger charge is -2.09. The molecular formula is C20H16N2O4S2. The first-order chi connectivity index (χ1) is 13.4. The van der Waals surface area contributed by atoms with Crippen LogP contribution in [0.3, 0.4) is 0 Å². The zero-order valence-electron chi connectivity index (χ0n) is 15.1. The molecule has 0 fully saturated rings. The number of nitrogens with one attached hydrogen (secondary N) is 1. The van der Waals surface area contributed by atoms with Gasteiger partial charge in [0.25, 0.3) is 10.0 Å². The van der Waals surface area contributed by atoms with Crippen LogP contribution in [0, 0.1) is 6.92 Å². The van der Waals surface area contributed by atoms with Gasteiger partial charge in [-0.15, -0.1) is 15.7 Å². The van der Waals surface area contributed by atoms with Crippen molar-refractivity contribution < 1.29 is 17.9 Å². The number of rotatable bonds is 3. The lowest BCUT2D eigenvalue weighted by atomic mass is 10.0. The number of anilines is 1. The molecule has 6 nitrogen and oxygen atoms in total. The number of sulfonamides is 1. The summed E-state index contributed by atoms with van der Waals surface area (Å²) in [5, 5.41) is 3.55. The fraction of sp³-hybridized carbons (Fsp3) is 0.100. The van der Waals surface area contributed by atoms with Gasteiger partial charge in [0, 0.05) is 16.0 Å². The summed E-state index contributed by atoms with van der Waals surface area (Å²) in [6, 6.07) is 16.1. The van der Waals surface area contributed by atoms with Crippen LogP contribution < -0.4 is 5.32 Å². The molecule has 0 atom stereocenters. The maximum absolute atomic E-state index is 12.6.